The number of aryl methyl sites for hydroxylation is 2. The molecule has 0 bridgehead atoms. The molecule has 1 heterocycles. The Hall–Kier alpha value is -1.23. The van der Waals surface area contributed by atoms with Crippen molar-refractivity contribution in [2.45, 2.75) is 19.9 Å². The lowest BCUT2D eigenvalue weighted by Gasteiger charge is -2.04. The van der Waals surface area contributed by atoms with Crippen LogP contribution in [0, 0.1) is 13.8 Å². The highest BCUT2D eigenvalue weighted by molar-refractivity contribution is 7.15. The average Bonchev–Trinajstić information content (AvgIpc) is 2.71. The van der Waals surface area contributed by atoms with Crippen LogP contribution in [0.5, 0.6) is 0 Å². The molecule has 2 aromatic rings. The number of aliphatic hydroxyl groups is 1. The van der Waals surface area contributed by atoms with Gasteiger partial charge in [0.1, 0.15) is 5.01 Å². The van der Waals surface area contributed by atoms with Crippen molar-refractivity contribution in [3.63, 3.8) is 0 Å². The standard InChI is InChI=1S/C13H16N2OS/c1-8-5-3-4-6-10(8)13-15-9(2)12(17-13)11(14)7-16/h3-6,11,16H,7,14H2,1-2H3. The van der Waals surface area contributed by atoms with E-state index in [0.29, 0.717) is 0 Å². The minimum Gasteiger partial charge on any atom is -0.394 e. The molecule has 0 radical (unpaired) electrons. The van der Waals surface area contributed by atoms with E-state index in [1.165, 1.54) is 5.56 Å². The van der Waals surface area contributed by atoms with Crippen LogP contribution in [0.3, 0.4) is 0 Å². The molecule has 0 amide bonds. The summed E-state index contributed by atoms with van der Waals surface area (Å²) in [5.41, 5.74) is 9.09. The predicted molar refractivity (Wildman–Crippen MR) is 71.0 cm³/mol. The molecule has 0 spiro atoms. The van der Waals surface area contributed by atoms with Crippen LogP contribution in [0.25, 0.3) is 10.6 Å². The van der Waals surface area contributed by atoms with Crippen molar-refractivity contribution in [1.29, 1.82) is 0 Å². The van der Waals surface area contributed by atoms with Gasteiger partial charge in [-0.2, -0.15) is 0 Å². The highest BCUT2D eigenvalue weighted by Gasteiger charge is 2.15. The van der Waals surface area contributed by atoms with Gasteiger partial charge in [0.25, 0.3) is 0 Å². The lowest BCUT2D eigenvalue weighted by atomic mass is 10.1. The summed E-state index contributed by atoms with van der Waals surface area (Å²) in [7, 11) is 0. The van der Waals surface area contributed by atoms with E-state index in [4.69, 9.17) is 10.8 Å². The van der Waals surface area contributed by atoms with E-state index in [0.717, 1.165) is 21.1 Å². The molecule has 2 rings (SSSR count). The molecule has 90 valence electrons. The lowest BCUT2D eigenvalue weighted by Crippen LogP contribution is -2.13. The number of benzene rings is 1. The van der Waals surface area contributed by atoms with Crippen LogP contribution < -0.4 is 5.73 Å². The molecule has 1 atom stereocenters. The third-order valence-corrected chi connectivity index (χ3v) is 4.06. The van der Waals surface area contributed by atoms with Gasteiger partial charge in [0.05, 0.1) is 18.3 Å². The van der Waals surface area contributed by atoms with Gasteiger partial charge in [-0.15, -0.1) is 11.3 Å². The molecular formula is C13H16N2OS. The second kappa shape index (κ2) is 4.96. The number of hydrogen-bond acceptors (Lipinski definition) is 4. The Balaban J connectivity index is 2.45. The fourth-order valence-electron chi connectivity index (χ4n) is 1.76. The fourth-order valence-corrected chi connectivity index (χ4v) is 2.91. The predicted octanol–water partition coefficient (Wildman–Crippen LogP) is 2.42. The molecule has 1 unspecified atom stereocenters. The molecule has 0 aliphatic heterocycles. The van der Waals surface area contributed by atoms with Crippen molar-refractivity contribution in [1.82, 2.24) is 4.98 Å². The highest BCUT2D eigenvalue weighted by atomic mass is 32.1. The summed E-state index contributed by atoms with van der Waals surface area (Å²) >= 11 is 1.56. The minimum absolute atomic E-state index is 0.0454. The van der Waals surface area contributed by atoms with Crippen molar-refractivity contribution in [2.24, 2.45) is 5.73 Å². The van der Waals surface area contributed by atoms with Crippen LogP contribution in [0.2, 0.25) is 0 Å². The summed E-state index contributed by atoms with van der Waals surface area (Å²) in [6.07, 6.45) is 0. The molecule has 17 heavy (non-hydrogen) atoms. The van der Waals surface area contributed by atoms with E-state index < -0.39 is 0 Å². The van der Waals surface area contributed by atoms with Crippen molar-refractivity contribution in [3.05, 3.63) is 40.4 Å². The molecule has 0 saturated heterocycles. The summed E-state index contributed by atoms with van der Waals surface area (Å²) in [6.45, 7) is 3.96. The van der Waals surface area contributed by atoms with Crippen LogP contribution in [0.1, 0.15) is 22.2 Å². The number of nitrogens with two attached hydrogens (primary N) is 1. The number of rotatable bonds is 3. The first-order chi connectivity index (χ1) is 8.13. The Morgan fingerprint density at radius 1 is 1.35 bits per heavy atom. The Bertz CT molecular complexity index is 522. The Morgan fingerprint density at radius 3 is 2.71 bits per heavy atom. The largest absolute Gasteiger partial charge is 0.394 e. The van der Waals surface area contributed by atoms with Crippen molar-refractivity contribution in [2.75, 3.05) is 6.61 Å². The average molecular weight is 248 g/mol. The van der Waals surface area contributed by atoms with Gasteiger partial charge in [0.2, 0.25) is 0 Å². The van der Waals surface area contributed by atoms with Gasteiger partial charge in [0.15, 0.2) is 0 Å². The topological polar surface area (TPSA) is 59.1 Å². The fraction of sp³-hybridized carbons (Fsp3) is 0.308. The first-order valence-electron chi connectivity index (χ1n) is 5.53. The van der Waals surface area contributed by atoms with E-state index in [-0.39, 0.29) is 12.6 Å². The van der Waals surface area contributed by atoms with Gasteiger partial charge in [-0.05, 0) is 19.4 Å². The molecule has 1 aromatic heterocycles. The van der Waals surface area contributed by atoms with Gasteiger partial charge in [-0.25, -0.2) is 4.98 Å². The zero-order valence-corrected chi connectivity index (χ0v) is 10.8. The normalized spacial score (nSPS) is 12.7. The Kier molecular flexibility index (Phi) is 3.57. The molecule has 1 aromatic carbocycles. The Morgan fingerprint density at radius 2 is 2.06 bits per heavy atom. The second-order valence-corrected chi connectivity index (χ2v) is 5.10. The van der Waals surface area contributed by atoms with Crippen molar-refractivity contribution >= 4 is 11.3 Å². The van der Waals surface area contributed by atoms with E-state index >= 15 is 0 Å². The number of aromatic nitrogens is 1. The number of hydrogen-bond donors (Lipinski definition) is 2. The lowest BCUT2D eigenvalue weighted by molar-refractivity contribution is 0.269. The first kappa shape index (κ1) is 12.2. The number of nitrogens with zero attached hydrogens (tertiary/aromatic N) is 1. The summed E-state index contributed by atoms with van der Waals surface area (Å²) in [5, 5.41) is 10.1. The molecule has 3 N–H and O–H groups in total. The van der Waals surface area contributed by atoms with Gasteiger partial charge < -0.3 is 10.8 Å². The molecule has 0 aliphatic rings. The maximum atomic E-state index is 9.10. The van der Waals surface area contributed by atoms with Gasteiger partial charge in [-0.1, -0.05) is 24.3 Å². The molecule has 3 nitrogen and oxygen atoms in total. The van der Waals surface area contributed by atoms with Crippen LogP contribution in [0.15, 0.2) is 24.3 Å². The molecule has 4 heteroatoms. The number of aliphatic hydroxyl groups excluding tert-OH is 1. The summed E-state index contributed by atoms with van der Waals surface area (Å²) < 4.78 is 0. The van der Waals surface area contributed by atoms with E-state index in [9.17, 15) is 0 Å². The minimum atomic E-state index is -0.328. The smallest absolute Gasteiger partial charge is 0.124 e. The molecule has 0 saturated carbocycles. The van der Waals surface area contributed by atoms with E-state index in [2.05, 4.69) is 24.0 Å². The first-order valence-corrected chi connectivity index (χ1v) is 6.35. The molecule has 0 aliphatic carbocycles. The summed E-state index contributed by atoms with van der Waals surface area (Å²) in [5.74, 6) is 0. The summed E-state index contributed by atoms with van der Waals surface area (Å²) in [6, 6.07) is 7.81. The summed E-state index contributed by atoms with van der Waals surface area (Å²) in [4.78, 5) is 5.50. The zero-order valence-electron chi connectivity index (χ0n) is 9.97. The third kappa shape index (κ3) is 2.39. The quantitative estimate of drug-likeness (QED) is 0.877. The van der Waals surface area contributed by atoms with E-state index in [1.54, 1.807) is 11.3 Å². The Labute approximate surface area is 105 Å². The monoisotopic (exact) mass is 248 g/mol. The van der Waals surface area contributed by atoms with Crippen LogP contribution in [0.4, 0.5) is 0 Å². The highest BCUT2D eigenvalue weighted by Crippen LogP contribution is 2.32. The molecular weight excluding hydrogens is 232 g/mol. The maximum absolute atomic E-state index is 9.10. The second-order valence-electron chi connectivity index (χ2n) is 4.07. The SMILES string of the molecule is Cc1ccccc1-c1nc(C)c(C(N)CO)s1. The van der Waals surface area contributed by atoms with Gasteiger partial charge >= 0.3 is 0 Å². The molecule has 0 fully saturated rings. The third-order valence-electron chi connectivity index (χ3n) is 2.74. The van der Waals surface area contributed by atoms with Gasteiger partial charge in [-0.3, -0.25) is 0 Å². The van der Waals surface area contributed by atoms with E-state index in [1.807, 2.05) is 19.1 Å². The maximum Gasteiger partial charge on any atom is 0.124 e. The van der Waals surface area contributed by atoms with Crippen LogP contribution in [-0.2, 0) is 0 Å². The number of thiazole rings is 1. The van der Waals surface area contributed by atoms with Crippen LogP contribution >= 0.6 is 11.3 Å². The van der Waals surface area contributed by atoms with Crippen LogP contribution in [-0.4, -0.2) is 16.7 Å². The van der Waals surface area contributed by atoms with Crippen molar-refractivity contribution in [3.8, 4) is 10.6 Å². The van der Waals surface area contributed by atoms with Crippen molar-refractivity contribution < 1.29 is 5.11 Å². The van der Waals surface area contributed by atoms with Gasteiger partial charge in [0, 0.05) is 10.4 Å². The zero-order chi connectivity index (χ0) is 12.4.